The molecule has 1 aromatic carbocycles. The quantitative estimate of drug-likeness (QED) is 0.787. The van der Waals surface area contributed by atoms with Gasteiger partial charge >= 0.3 is 6.18 Å². The predicted molar refractivity (Wildman–Crippen MR) is 95.7 cm³/mol. The number of carbonyl (C=O) groups is 2. The summed E-state index contributed by atoms with van der Waals surface area (Å²) in [6, 6.07) is 8.54. The number of nitrogens with zero attached hydrogens (tertiary/aromatic N) is 3. The SMILES string of the molecule is CN(Cc1cccnc1)C(=O)[C@@H]1CC(=O)N(Cc2cccc(C(F)(F)F)c2)C1. The first-order chi connectivity index (χ1) is 13.2. The van der Waals surface area contributed by atoms with Crippen molar-refractivity contribution in [1.29, 1.82) is 0 Å². The van der Waals surface area contributed by atoms with E-state index in [4.69, 9.17) is 0 Å². The molecule has 1 aliphatic heterocycles. The van der Waals surface area contributed by atoms with Gasteiger partial charge in [0.2, 0.25) is 11.8 Å². The van der Waals surface area contributed by atoms with Crippen molar-refractivity contribution in [2.24, 2.45) is 5.92 Å². The van der Waals surface area contributed by atoms with Crippen molar-refractivity contribution in [2.45, 2.75) is 25.7 Å². The van der Waals surface area contributed by atoms with Gasteiger partial charge in [-0.2, -0.15) is 13.2 Å². The summed E-state index contributed by atoms with van der Waals surface area (Å²) in [5.74, 6) is -0.894. The Morgan fingerprint density at radius 3 is 2.68 bits per heavy atom. The molecule has 5 nitrogen and oxygen atoms in total. The first-order valence-corrected chi connectivity index (χ1v) is 8.82. The second-order valence-electron chi connectivity index (χ2n) is 6.93. The molecule has 1 aliphatic rings. The maximum atomic E-state index is 12.9. The largest absolute Gasteiger partial charge is 0.416 e. The van der Waals surface area contributed by atoms with Crippen molar-refractivity contribution in [1.82, 2.24) is 14.8 Å². The second kappa shape index (κ2) is 8.00. The molecule has 1 fully saturated rings. The number of pyridine rings is 1. The van der Waals surface area contributed by atoms with E-state index in [9.17, 15) is 22.8 Å². The second-order valence-corrected chi connectivity index (χ2v) is 6.93. The maximum absolute atomic E-state index is 12.9. The van der Waals surface area contributed by atoms with Crippen LogP contribution in [0.3, 0.4) is 0 Å². The van der Waals surface area contributed by atoms with Gasteiger partial charge in [0.05, 0.1) is 11.5 Å². The highest BCUT2D eigenvalue weighted by Gasteiger charge is 2.36. The Balaban J connectivity index is 1.62. The maximum Gasteiger partial charge on any atom is 0.416 e. The number of likely N-dealkylation sites (tertiary alicyclic amines) is 1. The molecule has 3 rings (SSSR count). The van der Waals surface area contributed by atoms with E-state index in [0.29, 0.717) is 12.1 Å². The zero-order chi connectivity index (χ0) is 20.3. The van der Waals surface area contributed by atoms with Crippen LogP contribution in [-0.4, -0.2) is 40.2 Å². The molecule has 0 radical (unpaired) electrons. The summed E-state index contributed by atoms with van der Waals surface area (Å²) < 4.78 is 38.6. The van der Waals surface area contributed by atoms with E-state index in [1.807, 2.05) is 6.07 Å². The molecule has 1 aromatic heterocycles. The first-order valence-electron chi connectivity index (χ1n) is 8.82. The number of carbonyl (C=O) groups excluding carboxylic acids is 2. The van der Waals surface area contributed by atoms with Gasteiger partial charge in [0, 0.05) is 45.5 Å². The Morgan fingerprint density at radius 2 is 2.00 bits per heavy atom. The van der Waals surface area contributed by atoms with Gasteiger partial charge < -0.3 is 9.80 Å². The van der Waals surface area contributed by atoms with Crippen LogP contribution < -0.4 is 0 Å². The fourth-order valence-corrected chi connectivity index (χ4v) is 3.31. The highest BCUT2D eigenvalue weighted by Crippen LogP contribution is 2.30. The molecule has 28 heavy (non-hydrogen) atoms. The van der Waals surface area contributed by atoms with Crippen molar-refractivity contribution < 1.29 is 22.8 Å². The van der Waals surface area contributed by atoms with E-state index in [0.717, 1.165) is 17.7 Å². The van der Waals surface area contributed by atoms with Crippen molar-refractivity contribution in [3.8, 4) is 0 Å². The standard InChI is InChI=1S/C20H20F3N3O2/c1-25(11-15-5-3-7-24-10-15)19(28)16-9-18(27)26(13-16)12-14-4-2-6-17(8-14)20(21,22)23/h2-8,10,16H,9,11-13H2,1H3/t16-/m1/s1. The third kappa shape index (κ3) is 4.68. The van der Waals surface area contributed by atoms with Crippen LogP contribution in [0.25, 0.3) is 0 Å². The number of aromatic nitrogens is 1. The highest BCUT2D eigenvalue weighted by molar-refractivity contribution is 5.89. The number of hydrogen-bond acceptors (Lipinski definition) is 3. The van der Waals surface area contributed by atoms with Gasteiger partial charge in [-0.05, 0) is 29.3 Å². The molecule has 1 saturated heterocycles. The minimum absolute atomic E-state index is 0.0544. The van der Waals surface area contributed by atoms with Crippen LogP contribution in [0.2, 0.25) is 0 Å². The van der Waals surface area contributed by atoms with Crippen molar-refractivity contribution in [2.75, 3.05) is 13.6 Å². The molecular formula is C20H20F3N3O2. The van der Waals surface area contributed by atoms with E-state index in [-0.39, 0.29) is 31.3 Å². The summed E-state index contributed by atoms with van der Waals surface area (Å²) >= 11 is 0. The molecule has 0 unspecified atom stereocenters. The van der Waals surface area contributed by atoms with Crippen LogP contribution >= 0.6 is 0 Å². The van der Waals surface area contributed by atoms with Crippen molar-refractivity contribution >= 4 is 11.8 Å². The van der Waals surface area contributed by atoms with Crippen molar-refractivity contribution in [3.63, 3.8) is 0 Å². The molecule has 148 valence electrons. The fourth-order valence-electron chi connectivity index (χ4n) is 3.31. The van der Waals surface area contributed by atoms with Gasteiger partial charge in [-0.15, -0.1) is 0 Å². The Kier molecular flexibility index (Phi) is 5.67. The minimum atomic E-state index is -4.43. The number of rotatable bonds is 5. The third-order valence-electron chi connectivity index (χ3n) is 4.71. The Hall–Kier alpha value is -2.90. The van der Waals surface area contributed by atoms with Gasteiger partial charge in [-0.25, -0.2) is 0 Å². The molecule has 1 atom stereocenters. The van der Waals surface area contributed by atoms with Crippen LogP contribution in [0, 0.1) is 5.92 Å². The van der Waals surface area contributed by atoms with Gasteiger partial charge in [-0.3, -0.25) is 14.6 Å². The van der Waals surface area contributed by atoms with E-state index >= 15 is 0 Å². The third-order valence-corrected chi connectivity index (χ3v) is 4.71. The zero-order valence-corrected chi connectivity index (χ0v) is 15.3. The zero-order valence-electron chi connectivity index (χ0n) is 15.3. The number of hydrogen-bond donors (Lipinski definition) is 0. The molecule has 2 amide bonds. The van der Waals surface area contributed by atoms with Crippen LogP contribution in [0.15, 0.2) is 48.8 Å². The Morgan fingerprint density at radius 1 is 1.25 bits per heavy atom. The lowest BCUT2D eigenvalue weighted by Crippen LogP contribution is -2.34. The fraction of sp³-hybridized carbons (Fsp3) is 0.350. The van der Waals surface area contributed by atoms with Crippen LogP contribution in [0.4, 0.5) is 13.2 Å². The van der Waals surface area contributed by atoms with Gasteiger partial charge in [0.1, 0.15) is 0 Å². The number of benzene rings is 1. The molecule has 0 bridgehead atoms. The van der Waals surface area contributed by atoms with Crippen LogP contribution in [-0.2, 0) is 28.9 Å². The lowest BCUT2D eigenvalue weighted by atomic mass is 10.1. The molecule has 0 aliphatic carbocycles. The first kappa shape index (κ1) is 19.9. The molecule has 2 heterocycles. The van der Waals surface area contributed by atoms with E-state index in [1.165, 1.54) is 11.0 Å². The number of amides is 2. The average molecular weight is 391 g/mol. The Bertz CT molecular complexity index is 855. The van der Waals surface area contributed by atoms with Crippen LogP contribution in [0.1, 0.15) is 23.1 Å². The average Bonchev–Trinajstić information content (AvgIpc) is 3.02. The van der Waals surface area contributed by atoms with Gasteiger partial charge in [0.15, 0.2) is 0 Å². The Labute approximate surface area is 160 Å². The van der Waals surface area contributed by atoms with E-state index < -0.39 is 17.7 Å². The van der Waals surface area contributed by atoms with Crippen molar-refractivity contribution in [3.05, 3.63) is 65.5 Å². The molecular weight excluding hydrogens is 371 g/mol. The molecule has 2 aromatic rings. The minimum Gasteiger partial charge on any atom is -0.341 e. The summed E-state index contributed by atoms with van der Waals surface area (Å²) in [4.78, 5) is 31.9. The molecule has 0 N–H and O–H groups in total. The molecule has 0 spiro atoms. The summed E-state index contributed by atoms with van der Waals surface area (Å²) in [5.41, 5.74) is 0.518. The molecule has 0 saturated carbocycles. The lowest BCUT2D eigenvalue weighted by Gasteiger charge is -2.21. The van der Waals surface area contributed by atoms with Gasteiger partial charge in [0.25, 0.3) is 0 Å². The monoisotopic (exact) mass is 391 g/mol. The molecule has 8 heteroatoms. The number of halogens is 3. The van der Waals surface area contributed by atoms with Crippen LogP contribution in [0.5, 0.6) is 0 Å². The summed E-state index contributed by atoms with van der Waals surface area (Å²) in [5, 5.41) is 0. The summed E-state index contributed by atoms with van der Waals surface area (Å²) in [6.07, 6.45) is -1.05. The van der Waals surface area contributed by atoms with E-state index in [1.54, 1.807) is 36.5 Å². The smallest absolute Gasteiger partial charge is 0.341 e. The van der Waals surface area contributed by atoms with E-state index in [2.05, 4.69) is 4.98 Å². The number of alkyl halides is 3. The predicted octanol–water partition coefficient (Wildman–Crippen LogP) is 3.11. The summed E-state index contributed by atoms with van der Waals surface area (Å²) in [6.45, 7) is 0.634. The normalized spacial score (nSPS) is 17.1. The van der Waals surface area contributed by atoms with Gasteiger partial charge in [-0.1, -0.05) is 18.2 Å². The highest BCUT2D eigenvalue weighted by atomic mass is 19.4. The summed E-state index contributed by atoms with van der Waals surface area (Å²) in [7, 11) is 1.66. The lowest BCUT2D eigenvalue weighted by molar-refractivity contribution is -0.137. The topological polar surface area (TPSA) is 53.5 Å².